The number of carbonyl (C=O) groups excluding carboxylic acids is 2. The average molecular weight is 295 g/mol. The molecular formula is C16H29N3O2. The Bertz CT molecular complexity index is 396. The third-order valence-corrected chi connectivity index (χ3v) is 4.36. The molecule has 0 aromatic heterocycles. The molecule has 0 radical (unpaired) electrons. The second-order valence-corrected chi connectivity index (χ2v) is 7.82. The highest BCUT2D eigenvalue weighted by atomic mass is 16.2. The Hall–Kier alpha value is -1.10. The zero-order chi connectivity index (χ0) is 15.7. The lowest BCUT2D eigenvalue weighted by Crippen LogP contribution is -2.63. The Kier molecular flexibility index (Phi) is 4.61. The minimum Gasteiger partial charge on any atom is -0.345 e. The smallest absolute Gasteiger partial charge is 0.311 e. The fourth-order valence-corrected chi connectivity index (χ4v) is 3.91. The normalized spacial score (nSPS) is 25.4. The Morgan fingerprint density at radius 2 is 1.52 bits per heavy atom. The first-order chi connectivity index (χ1) is 9.69. The van der Waals surface area contributed by atoms with Crippen LogP contribution in [0.25, 0.3) is 0 Å². The van der Waals surface area contributed by atoms with Crippen molar-refractivity contribution in [3.63, 3.8) is 0 Å². The van der Waals surface area contributed by atoms with Gasteiger partial charge in [0.1, 0.15) is 0 Å². The van der Waals surface area contributed by atoms with Gasteiger partial charge in [0.2, 0.25) is 0 Å². The number of piperidine rings is 2. The Morgan fingerprint density at radius 1 is 1.00 bits per heavy atom. The maximum atomic E-state index is 12.2. The highest BCUT2D eigenvalue weighted by Gasteiger charge is 2.39. The summed E-state index contributed by atoms with van der Waals surface area (Å²) in [4.78, 5) is 26.1. The molecule has 2 fully saturated rings. The van der Waals surface area contributed by atoms with Crippen LogP contribution in [0.3, 0.4) is 0 Å². The van der Waals surface area contributed by atoms with Gasteiger partial charge in [0.15, 0.2) is 0 Å². The van der Waals surface area contributed by atoms with Crippen LogP contribution in [0.2, 0.25) is 0 Å². The number of likely N-dealkylation sites (tertiary alicyclic amines) is 1. The monoisotopic (exact) mass is 295 g/mol. The first kappa shape index (κ1) is 16.3. The number of hydrogen-bond acceptors (Lipinski definition) is 3. The molecule has 0 unspecified atom stereocenters. The lowest BCUT2D eigenvalue weighted by atomic mass is 9.79. The van der Waals surface area contributed by atoms with Crippen molar-refractivity contribution in [3.05, 3.63) is 0 Å². The van der Waals surface area contributed by atoms with E-state index >= 15 is 0 Å². The predicted molar refractivity (Wildman–Crippen MR) is 82.9 cm³/mol. The molecule has 0 bridgehead atoms. The number of nitrogens with one attached hydrogen (secondary N) is 2. The van der Waals surface area contributed by atoms with Gasteiger partial charge < -0.3 is 15.5 Å². The van der Waals surface area contributed by atoms with Gasteiger partial charge in [0.25, 0.3) is 0 Å². The van der Waals surface area contributed by atoms with Crippen LogP contribution >= 0.6 is 0 Å². The molecule has 0 aromatic carbocycles. The van der Waals surface area contributed by atoms with Gasteiger partial charge >= 0.3 is 11.8 Å². The van der Waals surface area contributed by atoms with Crippen LogP contribution in [-0.4, -0.2) is 46.9 Å². The molecule has 2 rings (SSSR count). The zero-order valence-electron chi connectivity index (χ0n) is 13.8. The summed E-state index contributed by atoms with van der Waals surface area (Å²) in [5.74, 6) is -0.792. The largest absolute Gasteiger partial charge is 0.345 e. The lowest BCUT2D eigenvalue weighted by molar-refractivity contribution is -0.147. The van der Waals surface area contributed by atoms with E-state index in [0.717, 1.165) is 45.2 Å². The van der Waals surface area contributed by atoms with Gasteiger partial charge in [-0.3, -0.25) is 9.59 Å². The standard InChI is InChI=1S/C16H29N3O2/c1-15(2)10-12(11-16(3,4)18-15)17-13(20)14(21)19-8-6-5-7-9-19/h12,18H,5-11H2,1-4H3,(H,17,20). The Morgan fingerprint density at radius 3 is 2.05 bits per heavy atom. The van der Waals surface area contributed by atoms with Crippen molar-refractivity contribution in [1.82, 2.24) is 15.5 Å². The molecule has 0 aliphatic carbocycles. The molecule has 0 atom stereocenters. The third-order valence-electron chi connectivity index (χ3n) is 4.36. The SMILES string of the molecule is CC1(C)CC(NC(=O)C(=O)N2CCCCC2)CC(C)(C)N1. The van der Waals surface area contributed by atoms with Crippen molar-refractivity contribution in [3.8, 4) is 0 Å². The van der Waals surface area contributed by atoms with E-state index in [2.05, 4.69) is 38.3 Å². The van der Waals surface area contributed by atoms with E-state index in [0.29, 0.717) is 0 Å². The summed E-state index contributed by atoms with van der Waals surface area (Å²) in [5.41, 5.74) is -0.0677. The van der Waals surface area contributed by atoms with Gasteiger partial charge in [-0.2, -0.15) is 0 Å². The lowest BCUT2D eigenvalue weighted by Gasteiger charge is -2.46. The second-order valence-electron chi connectivity index (χ2n) is 7.82. The molecule has 2 amide bonds. The minimum atomic E-state index is -0.435. The van der Waals surface area contributed by atoms with Crippen molar-refractivity contribution in [2.75, 3.05) is 13.1 Å². The molecule has 5 heteroatoms. The summed E-state index contributed by atoms with van der Waals surface area (Å²) in [5, 5.41) is 6.54. The number of hydrogen-bond donors (Lipinski definition) is 2. The van der Waals surface area contributed by atoms with Crippen molar-refractivity contribution in [2.24, 2.45) is 0 Å². The molecule has 2 heterocycles. The van der Waals surface area contributed by atoms with E-state index in [1.165, 1.54) is 0 Å². The summed E-state index contributed by atoms with van der Waals surface area (Å²) in [6.45, 7) is 9.99. The second kappa shape index (κ2) is 5.95. The maximum absolute atomic E-state index is 12.2. The predicted octanol–water partition coefficient (Wildman–Crippen LogP) is 1.42. The fourth-order valence-electron chi connectivity index (χ4n) is 3.91. The van der Waals surface area contributed by atoms with Crippen molar-refractivity contribution in [2.45, 2.75) is 76.9 Å². The van der Waals surface area contributed by atoms with Crippen LogP contribution in [-0.2, 0) is 9.59 Å². The first-order valence-electron chi connectivity index (χ1n) is 8.08. The molecule has 5 nitrogen and oxygen atoms in total. The van der Waals surface area contributed by atoms with Gasteiger partial charge in [-0.05, 0) is 59.8 Å². The molecule has 0 saturated carbocycles. The summed E-state index contributed by atoms with van der Waals surface area (Å²) in [6.07, 6.45) is 4.85. The highest BCUT2D eigenvalue weighted by Crippen LogP contribution is 2.28. The number of carbonyl (C=O) groups is 2. The van der Waals surface area contributed by atoms with E-state index in [-0.39, 0.29) is 23.0 Å². The van der Waals surface area contributed by atoms with Crippen molar-refractivity contribution >= 4 is 11.8 Å². The van der Waals surface area contributed by atoms with Crippen LogP contribution in [0.15, 0.2) is 0 Å². The third kappa shape index (κ3) is 4.43. The van der Waals surface area contributed by atoms with E-state index in [9.17, 15) is 9.59 Å². The molecule has 2 aliphatic heterocycles. The molecular weight excluding hydrogens is 266 g/mol. The molecule has 2 N–H and O–H groups in total. The van der Waals surface area contributed by atoms with Crippen LogP contribution in [0.1, 0.15) is 59.8 Å². The molecule has 21 heavy (non-hydrogen) atoms. The van der Waals surface area contributed by atoms with Gasteiger partial charge in [0, 0.05) is 30.2 Å². The summed E-state index contributed by atoms with van der Waals surface area (Å²) in [7, 11) is 0. The summed E-state index contributed by atoms with van der Waals surface area (Å²) >= 11 is 0. The number of rotatable bonds is 1. The van der Waals surface area contributed by atoms with Crippen LogP contribution in [0.4, 0.5) is 0 Å². The fraction of sp³-hybridized carbons (Fsp3) is 0.875. The number of amides is 2. The molecule has 0 spiro atoms. The maximum Gasteiger partial charge on any atom is 0.311 e. The van der Waals surface area contributed by atoms with E-state index < -0.39 is 5.91 Å². The van der Waals surface area contributed by atoms with Crippen LogP contribution in [0, 0.1) is 0 Å². The van der Waals surface area contributed by atoms with E-state index in [1.54, 1.807) is 4.90 Å². The zero-order valence-corrected chi connectivity index (χ0v) is 13.8. The average Bonchev–Trinajstić information content (AvgIpc) is 2.35. The Balaban J connectivity index is 1.93. The molecule has 120 valence electrons. The molecule has 2 saturated heterocycles. The highest BCUT2D eigenvalue weighted by molar-refractivity contribution is 6.35. The van der Waals surface area contributed by atoms with Crippen LogP contribution in [0.5, 0.6) is 0 Å². The molecule has 2 aliphatic rings. The van der Waals surface area contributed by atoms with Gasteiger partial charge in [0.05, 0.1) is 0 Å². The van der Waals surface area contributed by atoms with Crippen molar-refractivity contribution in [1.29, 1.82) is 0 Å². The summed E-state index contributed by atoms with van der Waals surface area (Å²) < 4.78 is 0. The quantitative estimate of drug-likeness (QED) is 0.719. The van der Waals surface area contributed by atoms with Gasteiger partial charge in [-0.25, -0.2) is 0 Å². The Labute approximate surface area is 127 Å². The van der Waals surface area contributed by atoms with Gasteiger partial charge in [-0.15, -0.1) is 0 Å². The summed E-state index contributed by atoms with van der Waals surface area (Å²) in [6, 6.07) is 0.0532. The number of nitrogens with zero attached hydrogens (tertiary/aromatic N) is 1. The first-order valence-corrected chi connectivity index (χ1v) is 8.08. The minimum absolute atomic E-state index is 0.0339. The van der Waals surface area contributed by atoms with Gasteiger partial charge in [-0.1, -0.05) is 0 Å². The topological polar surface area (TPSA) is 61.4 Å². The van der Waals surface area contributed by atoms with E-state index in [1.807, 2.05) is 0 Å². The van der Waals surface area contributed by atoms with E-state index in [4.69, 9.17) is 0 Å². The van der Waals surface area contributed by atoms with Crippen molar-refractivity contribution < 1.29 is 9.59 Å². The molecule has 0 aromatic rings. The van der Waals surface area contributed by atoms with Crippen LogP contribution < -0.4 is 10.6 Å².